The highest BCUT2D eigenvalue weighted by Crippen LogP contribution is 2.39. The van der Waals surface area contributed by atoms with Gasteiger partial charge in [0.05, 0.1) is 39.6 Å². The van der Waals surface area contributed by atoms with Gasteiger partial charge < -0.3 is 42.3 Å². The van der Waals surface area contributed by atoms with Crippen LogP contribution in [0.3, 0.4) is 0 Å². The minimum Gasteiger partial charge on any atom is -0.414 e. The predicted molar refractivity (Wildman–Crippen MR) is 231 cm³/mol. The Balaban J connectivity index is 1.31. The lowest BCUT2D eigenvalue weighted by Gasteiger charge is -2.37. The Morgan fingerprint density at radius 3 is 1.53 bits per heavy atom. The van der Waals surface area contributed by atoms with Crippen molar-refractivity contribution in [2.24, 2.45) is 5.11 Å². The van der Waals surface area contributed by atoms with E-state index in [1.54, 1.807) is 0 Å². The lowest BCUT2D eigenvalue weighted by Crippen LogP contribution is -2.46. The van der Waals surface area contributed by atoms with E-state index in [0.717, 1.165) is 22.3 Å². The number of ether oxygens (including phenoxy) is 8. The minimum absolute atomic E-state index is 0.0175. The molecule has 0 unspecified atom stereocenters. The van der Waals surface area contributed by atoms with E-state index in [2.05, 4.69) is 43.9 Å². The van der Waals surface area contributed by atoms with E-state index < -0.39 is 57.5 Å². The molecule has 12 nitrogen and oxygen atoms in total. The van der Waals surface area contributed by atoms with Crippen LogP contribution in [0.1, 0.15) is 49.4 Å². The third-order valence-electron chi connectivity index (χ3n) is 11.2. The monoisotopic (exact) mass is 839 g/mol. The van der Waals surface area contributed by atoms with E-state index in [9.17, 15) is 0 Å². The number of rotatable bonds is 23. The standard InChI is InChI=1S/C47H61N3O9Si/c1-47(2,3)60(4,5)56-34-40-41(53-30-36-21-12-7-13-22-36)43(55-32-38-25-16-9-17-26-38)46(58-40)59-44-42(54-31-37-23-14-8-15-24-37)39(33-51-29-35-19-10-6-11-20-35)57-45(44)52-28-18-27-49-50-48/h6-17,19-26,39-46H,18,27-34H2,1-5H3/t39-,40-,41-,42-,43+,44+,45+,46-/m1/s1. The predicted octanol–water partition coefficient (Wildman–Crippen LogP) is 9.53. The first-order valence-corrected chi connectivity index (χ1v) is 23.8. The quantitative estimate of drug-likeness (QED) is 0.0236. The van der Waals surface area contributed by atoms with Crippen molar-refractivity contribution in [3.63, 3.8) is 0 Å². The topological polar surface area (TPSA) is 132 Å². The second kappa shape index (κ2) is 22.8. The second-order valence-corrected chi connectivity index (χ2v) is 21.5. The maximum atomic E-state index is 8.87. The highest BCUT2D eigenvalue weighted by Gasteiger charge is 2.54. The average Bonchev–Trinajstić information content (AvgIpc) is 3.76. The van der Waals surface area contributed by atoms with Crippen molar-refractivity contribution < 1.29 is 42.3 Å². The molecule has 2 aliphatic heterocycles. The van der Waals surface area contributed by atoms with Crippen LogP contribution >= 0.6 is 0 Å². The molecule has 2 fully saturated rings. The third kappa shape index (κ3) is 13.3. The highest BCUT2D eigenvalue weighted by atomic mass is 28.4. The molecule has 60 heavy (non-hydrogen) atoms. The van der Waals surface area contributed by atoms with Crippen molar-refractivity contribution in [3.8, 4) is 0 Å². The maximum absolute atomic E-state index is 8.87. The highest BCUT2D eigenvalue weighted by molar-refractivity contribution is 6.74. The number of hydrogen-bond acceptors (Lipinski definition) is 10. The van der Waals surface area contributed by atoms with Gasteiger partial charge in [0.25, 0.3) is 0 Å². The lowest BCUT2D eigenvalue weighted by atomic mass is 10.1. The molecular weight excluding hydrogens is 779 g/mol. The smallest absolute Gasteiger partial charge is 0.192 e. The van der Waals surface area contributed by atoms with E-state index in [4.69, 9.17) is 47.9 Å². The van der Waals surface area contributed by atoms with E-state index in [1.807, 2.05) is 121 Å². The van der Waals surface area contributed by atoms with Crippen molar-refractivity contribution in [2.45, 2.75) is 121 Å². The van der Waals surface area contributed by atoms with Gasteiger partial charge >= 0.3 is 0 Å². The van der Waals surface area contributed by atoms with Crippen LogP contribution in [-0.2, 0) is 68.7 Å². The van der Waals surface area contributed by atoms with Gasteiger partial charge in [-0.1, -0.05) is 147 Å². The molecule has 13 heteroatoms. The summed E-state index contributed by atoms with van der Waals surface area (Å²) in [6, 6.07) is 40.1. The molecule has 4 aromatic rings. The Kier molecular flexibility index (Phi) is 17.3. The van der Waals surface area contributed by atoms with Gasteiger partial charge in [0, 0.05) is 18.1 Å². The zero-order valence-corrected chi connectivity index (χ0v) is 36.5. The molecule has 8 atom stereocenters. The van der Waals surface area contributed by atoms with Crippen LogP contribution in [0.4, 0.5) is 0 Å². The first-order chi connectivity index (χ1) is 29.1. The molecule has 0 saturated carbocycles. The Hall–Kier alpha value is -3.95. The summed E-state index contributed by atoms with van der Waals surface area (Å²) in [5.41, 5.74) is 12.9. The van der Waals surface area contributed by atoms with Gasteiger partial charge in [-0.25, -0.2) is 0 Å². The van der Waals surface area contributed by atoms with Gasteiger partial charge in [0.15, 0.2) is 20.9 Å². The van der Waals surface area contributed by atoms with Crippen LogP contribution < -0.4 is 0 Å². The first kappa shape index (κ1) is 45.6. The van der Waals surface area contributed by atoms with Crippen LogP contribution in [0.5, 0.6) is 0 Å². The maximum Gasteiger partial charge on any atom is 0.192 e. The molecule has 4 aromatic carbocycles. The molecular formula is C47H61N3O9Si. The molecule has 0 radical (unpaired) electrons. The summed E-state index contributed by atoms with van der Waals surface area (Å²) < 4.78 is 60.4. The summed E-state index contributed by atoms with van der Waals surface area (Å²) in [7, 11) is -2.20. The van der Waals surface area contributed by atoms with Gasteiger partial charge in [0.2, 0.25) is 0 Å². The largest absolute Gasteiger partial charge is 0.414 e. The molecule has 2 heterocycles. The molecule has 0 aliphatic carbocycles. The zero-order valence-electron chi connectivity index (χ0n) is 35.5. The summed E-state index contributed by atoms with van der Waals surface area (Å²) in [6.07, 6.45) is -5.01. The second-order valence-electron chi connectivity index (χ2n) is 16.7. The minimum atomic E-state index is -2.20. The van der Waals surface area contributed by atoms with E-state index in [-0.39, 0.29) is 24.8 Å². The normalized spacial score (nSPS) is 24.4. The fourth-order valence-corrected chi connectivity index (χ4v) is 7.84. The molecule has 0 amide bonds. The van der Waals surface area contributed by atoms with Crippen LogP contribution in [0.15, 0.2) is 126 Å². The first-order valence-electron chi connectivity index (χ1n) is 20.9. The van der Waals surface area contributed by atoms with Crippen molar-refractivity contribution in [1.29, 1.82) is 0 Å². The fraction of sp³-hybridized carbons (Fsp3) is 0.489. The molecule has 0 spiro atoms. The SMILES string of the molecule is CC(C)(C)[Si](C)(C)OC[C@H]1O[C@H](O[C@@H]2[C@@H](OCCCN=[N+]=[N-])O[C@H](COCc3ccccc3)[C@H]2OCc2ccccc2)[C@@H](OCc2ccccc2)[C@@H]1OCc1ccccc1. The van der Waals surface area contributed by atoms with E-state index in [0.29, 0.717) is 39.5 Å². The number of hydrogen-bond donors (Lipinski definition) is 0. The van der Waals surface area contributed by atoms with E-state index >= 15 is 0 Å². The number of nitrogens with zero attached hydrogens (tertiary/aromatic N) is 3. The molecule has 322 valence electrons. The molecule has 0 N–H and O–H groups in total. The van der Waals surface area contributed by atoms with Crippen molar-refractivity contribution in [3.05, 3.63) is 154 Å². The van der Waals surface area contributed by atoms with Gasteiger partial charge in [-0.2, -0.15) is 0 Å². The Morgan fingerprint density at radius 1 is 0.583 bits per heavy atom. The lowest BCUT2D eigenvalue weighted by molar-refractivity contribution is -0.254. The van der Waals surface area contributed by atoms with Crippen molar-refractivity contribution >= 4 is 8.32 Å². The molecule has 0 bridgehead atoms. The van der Waals surface area contributed by atoms with Crippen LogP contribution in [-0.4, -0.2) is 83.9 Å². The Labute approximate surface area is 356 Å². The molecule has 6 rings (SSSR count). The molecule has 2 aliphatic rings. The van der Waals surface area contributed by atoms with Gasteiger partial charge in [0.1, 0.15) is 36.6 Å². The Bertz CT molecular complexity index is 1870. The average molecular weight is 840 g/mol. The zero-order chi connectivity index (χ0) is 42.2. The summed E-state index contributed by atoms with van der Waals surface area (Å²) in [5.74, 6) is 0. The molecule has 0 aromatic heterocycles. The van der Waals surface area contributed by atoms with Crippen LogP contribution in [0, 0.1) is 0 Å². The number of azide groups is 1. The molecule has 2 saturated heterocycles. The van der Waals surface area contributed by atoms with Gasteiger partial charge in [-0.05, 0) is 52.3 Å². The van der Waals surface area contributed by atoms with Crippen molar-refractivity contribution in [2.75, 3.05) is 26.4 Å². The van der Waals surface area contributed by atoms with Gasteiger partial charge in [-0.3, -0.25) is 0 Å². The number of benzene rings is 4. The van der Waals surface area contributed by atoms with Crippen LogP contribution in [0.2, 0.25) is 18.1 Å². The Morgan fingerprint density at radius 2 is 1.03 bits per heavy atom. The third-order valence-corrected chi connectivity index (χ3v) is 15.7. The summed E-state index contributed by atoms with van der Waals surface area (Å²) in [4.78, 5) is 2.89. The van der Waals surface area contributed by atoms with Crippen molar-refractivity contribution in [1.82, 2.24) is 0 Å². The van der Waals surface area contributed by atoms with E-state index in [1.165, 1.54) is 0 Å². The fourth-order valence-electron chi connectivity index (χ4n) is 6.83. The van der Waals surface area contributed by atoms with Gasteiger partial charge in [-0.15, -0.1) is 0 Å². The summed E-state index contributed by atoms with van der Waals surface area (Å²) >= 11 is 0. The summed E-state index contributed by atoms with van der Waals surface area (Å²) in [6.45, 7) is 13.5. The van der Waals surface area contributed by atoms with Crippen LogP contribution in [0.25, 0.3) is 10.4 Å². The summed E-state index contributed by atoms with van der Waals surface area (Å²) in [5, 5.41) is 3.67.